The fourth-order valence-corrected chi connectivity index (χ4v) is 8.76. The van der Waals surface area contributed by atoms with E-state index in [0.717, 1.165) is 66.9 Å². The van der Waals surface area contributed by atoms with Crippen LogP contribution in [0.25, 0.3) is 82.8 Å². The molecule has 9 aromatic carbocycles. The molecule has 0 aliphatic rings. The summed E-state index contributed by atoms with van der Waals surface area (Å²) in [5, 5.41) is 4.63. The Morgan fingerprint density at radius 1 is 0.368 bits per heavy atom. The van der Waals surface area contributed by atoms with Gasteiger partial charge in [-0.15, -0.1) is 0 Å². The van der Waals surface area contributed by atoms with Crippen LogP contribution >= 0.6 is 0 Å². The normalized spacial score (nSPS) is 11.5. The number of fused-ring (bicyclic) bond motifs is 6. The molecule has 0 saturated heterocycles. The molecule has 0 bridgehead atoms. The van der Waals surface area contributed by atoms with E-state index in [1.807, 2.05) is 6.07 Å². The van der Waals surface area contributed by atoms with Gasteiger partial charge in [-0.05, 0) is 82.4 Å². The number of hydrogen-bond acceptors (Lipinski definition) is 2. The van der Waals surface area contributed by atoms with E-state index in [0.29, 0.717) is 0 Å². The minimum atomic E-state index is 0.850. The van der Waals surface area contributed by atoms with E-state index in [1.165, 1.54) is 32.9 Å². The molecule has 0 fully saturated rings. The molecule has 0 radical (unpaired) electrons. The zero-order valence-corrected chi connectivity index (χ0v) is 31.1. The Kier molecular flexibility index (Phi) is 7.82. The zero-order chi connectivity index (χ0) is 37.7. The molecule has 2 heterocycles. The third-order valence-corrected chi connectivity index (χ3v) is 11.2. The van der Waals surface area contributed by atoms with Crippen molar-refractivity contribution in [3.05, 3.63) is 218 Å². The summed E-state index contributed by atoms with van der Waals surface area (Å²) in [6.45, 7) is 0. The molecule has 0 aliphatic carbocycles. The second-order valence-electron chi connectivity index (χ2n) is 14.5. The first-order valence-corrected chi connectivity index (χ1v) is 19.4. The number of rotatable bonds is 7. The Labute approximate surface area is 330 Å². The van der Waals surface area contributed by atoms with Crippen molar-refractivity contribution in [3.8, 4) is 39.1 Å². The monoisotopic (exact) mass is 728 g/mol. The highest BCUT2D eigenvalue weighted by molar-refractivity contribution is 6.15. The number of hydrogen-bond donors (Lipinski definition) is 0. The lowest BCUT2D eigenvalue weighted by molar-refractivity contribution is 0.669. The molecule has 0 aliphatic heterocycles. The van der Waals surface area contributed by atoms with Crippen molar-refractivity contribution in [1.29, 1.82) is 0 Å². The highest BCUT2D eigenvalue weighted by Gasteiger charge is 2.26. The van der Waals surface area contributed by atoms with Crippen LogP contribution in [0, 0.1) is 0 Å². The summed E-state index contributed by atoms with van der Waals surface area (Å²) in [7, 11) is 0. The first-order valence-electron chi connectivity index (χ1n) is 19.4. The molecule has 2 aromatic heterocycles. The maximum Gasteiger partial charge on any atom is 0.137 e. The molecule has 11 aromatic rings. The lowest BCUT2D eigenvalue weighted by atomic mass is 9.87. The standard InChI is InChI=1S/C54H36N2O/c1-3-18-37(19-4-1)41-24-7-8-27-45(41)53-42(38-20-5-2-6-21-38)29-16-32-49(53)56(50-33-17-35-52-54(50)46-28-11-14-34-51(46)57-52)40-23-15-22-39(36-40)55-47-30-12-9-25-43(47)44-26-10-13-31-48(44)55/h1-36H. The molecule has 268 valence electrons. The SMILES string of the molecule is c1ccc(-c2ccccc2-c2c(-c3ccccc3)cccc2N(c2cccc(-n3c4ccccc4c4ccccc43)c2)c2cccc3oc4ccccc4c23)cc1. The molecule has 0 spiro atoms. The third kappa shape index (κ3) is 5.43. The minimum Gasteiger partial charge on any atom is -0.456 e. The molecule has 11 rings (SSSR count). The first-order chi connectivity index (χ1) is 28.3. The van der Waals surface area contributed by atoms with Gasteiger partial charge in [-0.1, -0.05) is 164 Å². The smallest absolute Gasteiger partial charge is 0.137 e. The predicted octanol–water partition coefficient (Wildman–Crippen LogP) is 15.2. The van der Waals surface area contributed by atoms with Crippen LogP contribution in [0.5, 0.6) is 0 Å². The number of aromatic nitrogens is 1. The van der Waals surface area contributed by atoms with Crippen LogP contribution in [0.3, 0.4) is 0 Å². The van der Waals surface area contributed by atoms with Crippen molar-refractivity contribution in [3.63, 3.8) is 0 Å². The van der Waals surface area contributed by atoms with Gasteiger partial charge in [-0.2, -0.15) is 0 Å². The summed E-state index contributed by atoms with van der Waals surface area (Å²) in [5.41, 5.74) is 15.3. The van der Waals surface area contributed by atoms with E-state index in [2.05, 4.69) is 222 Å². The van der Waals surface area contributed by atoms with Crippen molar-refractivity contribution >= 4 is 60.8 Å². The molecule has 0 atom stereocenters. The van der Waals surface area contributed by atoms with E-state index < -0.39 is 0 Å². The molecule has 3 heteroatoms. The van der Waals surface area contributed by atoms with E-state index in [4.69, 9.17) is 4.42 Å². The third-order valence-electron chi connectivity index (χ3n) is 11.2. The Balaban J connectivity index is 1.25. The van der Waals surface area contributed by atoms with Gasteiger partial charge in [0, 0.05) is 33.1 Å². The van der Waals surface area contributed by atoms with E-state index >= 15 is 0 Å². The molecule has 57 heavy (non-hydrogen) atoms. The van der Waals surface area contributed by atoms with Crippen molar-refractivity contribution in [2.24, 2.45) is 0 Å². The molecular weight excluding hydrogens is 693 g/mol. The van der Waals surface area contributed by atoms with Crippen LogP contribution in [0.15, 0.2) is 223 Å². The minimum absolute atomic E-state index is 0.850. The molecular formula is C54H36N2O. The molecule has 0 saturated carbocycles. The topological polar surface area (TPSA) is 21.3 Å². The molecule has 0 N–H and O–H groups in total. The maximum absolute atomic E-state index is 6.55. The number of benzene rings is 9. The van der Waals surface area contributed by atoms with Crippen LogP contribution in [0.4, 0.5) is 17.1 Å². The maximum atomic E-state index is 6.55. The lowest BCUT2D eigenvalue weighted by Gasteiger charge is -2.30. The van der Waals surface area contributed by atoms with Crippen LogP contribution in [0.2, 0.25) is 0 Å². The highest BCUT2D eigenvalue weighted by Crippen LogP contribution is 2.50. The Hall–Kier alpha value is -7.62. The van der Waals surface area contributed by atoms with Gasteiger partial charge in [0.05, 0.1) is 27.8 Å². The van der Waals surface area contributed by atoms with Crippen molar-refractivity contribution in [2.75, 3.05) is 4.90 Å². The van der Waals surface area contributed by atoms with Gasteiger partial charge >= 0.3 is 0 Å². The second kappa shape index (κ2) is 13.6. The van der Waals surface area contributed by atoms with Crippen molar-refractivity contribution < 1.29 is 4.42 Å². The zero-order valence-electron chi connectivity index (χ0n) is 31.1. The van der Waals surface area contributed by atoms with Gasteiger partial charge < -0.3 is 13.9 Å². The number of furan rings is 1. The fourth-order valence-electron chi connectivity index (χ4n) is 8.76. The Morgan fingerprint density at radius 2 is 0.895 bits per heavy atom. The summed E-state index contributed by atoms with van der Waals surface area (Å²) in [6.07, 6.45) is 0. The summed E-state index contributed by atoms with van der Waals surface area (Å²) < 4.78 is 8.94. The molecule has 0 amide bonds. The lowest BCUT2D eigenvalue weighted by Crippen LogP contribution is -2.13. The number of nitrogens with zero attached hydrogens (tertiary/aromatic N) is 2. The van der Waals surface area contributed by atoms with Crippen LogP contribution in [-0.2, 0) is 0 Å². The quantitative estimate of drug-likeness (QED) is 0.163. The van der Waals surface area contributed by atoms with E-state index in [9.17, 15) is 0 Å². The second-order valence-corrected chi connectivity index (χ2v) is 14.5. The predicted molar refractivity (Wildman–Crippen MR) is 239 cm³/mol. The van der Waals surface area contributed by atoms with Gasteiger partial charge in [-0.25, -0.2) is 0 Å². The van der Waals surface area contributed by atoms with Crippen molar-refractivity contribution in [2.45, 2.75) is 0 Å². The van der Waals surface area contributed by atoms with Crippen LogP contribution < -0.4 is 4.90 Å². The van der Waals surface area contributed by atoms with Gasteiger partial charge in [0.2, 0.25) is 0 Å². The van der Waals surface area contributed by atoms with Gasteiger partial charge in [-0.3, -0.25) is 0 Å². The van der Waals surface area contributed by atoms with Crippen molar-refractivity contribution in [1.82, 2.24) is 4.57 Å². The van der Waals surface area contributed by atoms with Gasteiger partial charge in [0.25, 0.3) is 0 Å². The van der Waals surface area contributed by atoms with Crippen LogP contribution in [-0.4, -0.2) is 4.57 Å². The van der Waals surface area contributed by atoms with E-state index in [1.54, 1.807) is 0 Å². The summed E-state index contributed by atoms with van der Waals surface area (Å²) in [6, 6.07) is 78.2. The number of para-hydroxylation sites is 3. The summed E-state index contributed by atoms with van der Waals surface area (Å²) >= 11 is 0. The average Bonchev–Trinajstić information content (AvgIpc) is 3.84. The highest BCUT2D eigenvalue weighted by atomic mass is 16.3. The molecule has 3 nitrogen and oxygen atoms in total. The van der Waals surface area contributed by atoms with Gasteiger partial charge in [0.15, 0.2) is 0 Å². The fraction of sp³-hybridized carbons (Fsp3) is 0. The number of anilines is 3. The van der Waals surface area contributed by atoms with Gasteiger partial charge in [0.1, 0.15) is 11.2 Å². The largest absolute Gasteiger partial charge is 0.456 e. The Morgan fingerprint density at radius 3 is 1.63 bits per heavy atom. The van der Waals surface area contributed by atoms with E-state index in [-0.39, 0.29) is 0 Å². The molecule has 0 unspecified atom stereocenters. The Bertz CT molecular complexity index is 3190. The summed E-state index contributed by atoms with van der Waals surface area (Å²) in [4.78, 5) is 2.45. The first kappa shape index (κ1) is 32.8. The summed E-state index contributed by atoms with van der Waals surface area (Å²) in [5.74, 6) is 0. The average molecular weight is 729 g/mol. The van der Waals surface area contributed by atoms with Crippen LogP contribution in [0.1, 0.15) is 0 Å².